The van der Waals surface area contributed by atoms with E-state index in [1.807, 2.05) is 18.2 Å². The molecule has 1 saturated heterocycles. The van der Waals surface area contributed by atoms with Crippen molar-refractivity contribution in [3.8, 4) is 5.97 Å². The Hall–Kier alpha value is -1.60. The first-order chi connectivity index (χ1) is 10.7. The first-order valence-electron chi connectivity index (χ1n) is 8.31. The molecule has 3 nitrogen and oxygen atoms in total. The number of carbonyl (C=O) groups excluding carboxylic acids is 1. The molecule has 2 aliphatic rings. The molecule has 2 fully saturated rings. The normalized spacial score (nSPS) is 22.5. The smallest absolute Gasteiger partial charge is 0.267 e. The Balaban J connectivity index is 0.000000188. The molecule has 1 N–H and O–H groups in total. The Morgan fingerprint density at radius 1 is 1.27 bits per heavy atom. The van der Waals surface area contributed by atoms with Crippen LogP contribution in [0.25, 0.3) is 0 Å². The molecule has 1 unspecified atom stereocenters. The summed E-state index contributed by atoms with van der Waals surface area (Å²) in [5, 5.41) is 12.4. The van der Waals surface area contributed by atoms with E-state index in [-0.39, 0.29) is 0 Å². The predicted octanol–water partition coefficient (Wildman–Crippen LogP) is 3.60. The number of nitrogens with one attached hydrogen (secondary N) is 1. The van der Waals surface area contributed by atoms with E-state index >= 15 is 0 Å². The minimum absolute atomic E-state index is 0.346. The van der Waals surface area contributed by atoms with Gasteiger partial charge in [0.2, 0.25) is 0 Å². The van der Waals surface area contributed by atoms with Crippen LogP contribution in [0.4, 0.5) is 0 Å². The number of aldehydes is 1. The van der Waals surface area contributed by atoms with E-state index in [0.29, 0.717) is 12.1 Å². The molecule has 1 aromatic carbocycles. The third-order valence-electron chi connectivity index (χ3n) is 5.35. The van der Waals surface area contributed by atoms with Gasteiger partial charge in [-0.2, -0.15) is 0 Å². The zero-order chi connectivity index (χ0) is 15.8. The molecule has 1 aliphatic carbocycles. The van der Waals surface area contributed by atoms with Gasteiger partial charge in [0, 0.05) is 17.6 Å². The molecular weight excluding hydrogens is 271 g/mol. The third-order valence-corrected chi connectivity index (χ3v) is 5.35. The zero-order valence-electron chi connectivity index (χ0n) is 13.4. The molecule has 1 saturated carbocycles. The largest absolute Gasteiger partial charge is 0.316 e. The molecular formula is C18H25BN2O. The Labute approximate surface area is 134 Å². The lowest BCUT2D eigenvalue weighted by atomic mass is 9.39. The number of hydrogen-bond acceptors (Lipinski definition) is 3. The van der Waals surface area contributed by atoms with Crippen molar-refractivity contribution in [2.75, 3.05) is 7.05 Å². The van der Waals surface area contributed by atoms with Crippen LogP contribution in [0.2, 0.25) is 12.6 Å². The molecule has 116 valence electrons. The van der Waals surface area contributed by atoms with Gasteiger partial charge < -0.3 is 5.32 Å². The zero-order valence-corrected chi connectivity index (χ0v) is 13.4. The van der Waals surface area contributed by atoms with Gasteiger partial charge in [-0.1, -0.05) is 62.2 Å². The summed E-state index contributed by atoms with van der Waals surface area (Å²) in [7, 11) is 2.09. The molecule has 4 heteroatoms. The molecule has 1 aromatic rings. The van der Waals surface area contributed by atoms with Crippen LogP contribution in [0.3, 0.4) is 0 Å². The summed E-state index contributed by atoms with van der Waals surface area (Å²) in [6, 6.07) is 9.82. The maximum atomic E-state index is 10.0. The van der Waals surface area contributed by atoms with Gasteiger partial charge in [0.15, 0.2) is 0 Å². The van der Waals surface area contributed by atoms with Crippen molar-refractivity contribution in [3.63, 3.8) is 0 Å². The van der Waals surface area contributed by atoms with Gasteiger partial charge in [0.1, 0.15) is 6.29 Å². The van der Waals surface area contributed by atoms with Gasteiger partial charge in [-0.3, -0.25) is 4.79 Å². The second-order valence-electron chi connectivity index (χ2n) is 6.53. The van der Waals surface area contributed by atoms with Crippen molar-refractivity contribution in [1.82, 2.24) is 5.32 Å². The molecule has 0 bridgehead atoms. The first kappa shape index (κ1) is 16.8. The van der Waals surface area contributed by atoms with Gasteiger partial charge in [0.25, 0.3) is 6.71 Å². The second kappa shape index (κ2) is 8.15. The summed E-state index contributed by atoms with van der Waals surface area (Å²) >= 11 is 0. The van der Waals surface area contributed by atoms with Crippen LogP contribution in [0, 0.1) is 16.6 Å². The average Bonchev–Trinajstić information content (AvgIpc) is 2.99. The standard InChI is InChI=1S/C11H19BN2.C7H6O/c1-14-10-3-2-4-11(10)5-7-12(9-13)8-6-11;8-6-7-4-2-1-3-5-7/h10,14H,2-8H2,1H3;1-6H. The molecule has 0 radical (unpaired) electrons. The molecule has 1 aliphatic heterocycles. The van der Waals surface area contributed by atoms with Gasteiger partial charge in [0.05, 0.1) is 0 Å². The fourth-order valence-corrected chi connectivity index (χ4v) is 4.04. The van der Waals surface area contributed by atoms with E-state index in [2.05, 4.69) is 18.3 Å². The Morgan fingerprint density at radius 2 is 1.95 bits per heavy atom. The van der Waals surface area contributed by atoms with E-state index in [9.17, 15) is 4.79 Å². The van der Waals surface area contributed by atoms with Gasteiger partial charge in [-0.15, -0.1) is 0 Å². The number of rotatable bonds is 2. The monoisotopic (exact) mass is 296 g/mol. The molecule has 3 rings (SSSR count). The summed E-state index contributed by atoms with van der Waals surface area (Å²) < 4.78 is 0. The molecule has 0 amide bonds. The second-order valence-corrected chi connectivity index (χ2v) is 6.53. The fraction of sp³-hybridized carbons (Fsp3) is 0.556. The van der Waals surface area contributed by atoms with Crippen molar-refractivity contribution in [1.29, 1.82) is 5.26 Å². The van der Waals surface area contributed by atoms with Crippen LogP contribution in [0.5, 0.6) is 0 Å². The van der Waals surface area contributed by atoms with Crippen LogP contribution in [-0.2, 0) is 0 Å². The van der Waals surface area contributed by atoms with Gasteiger partial charge >= 0.3 is 0 Å². The van der Waals surface area contributed by atoms with E-state index in [4.69, 9.17) is 5.26 Å². The quantitative estimate of drug-likeness (QED) is 0.670. The number of nitrogens with zero attached hydrogens (tertiary/aromatic N) is 1. The third kappa shape index (κ3) is 3.98. The summed E-state index contributed by atoms with van der Waals surface area (Å²) in [5.41, 5.74) is 1.29. The van der Waals surface area contributed by atoms with E-state index in [1.165, 1.54) is 32.1 Å². The van der Waals surface area contributed by atoms with Crippen LogP contribution in [-0.4, -0.2) is 26.1 Å². The summed E-state index contributed by atoms with van der Waals surface area (Å²) in [5.74, 6) is 2.42. The van der Waals surface area contributed by atoms with E-state index in [0.717, 1.165) is 30.5 Å². The van der Waals surface area contributed by atoms with Crippen molar-refractivity contribution >= 4 is 13.0 Å². The van der Waals surface area contributed by atoms with Crippen molar-refractivity contribution in [2.45, 2.75) is 50.8 Å². The number of hydrogen-bond donors (Lipinski definition) is 1. The highest BCUT2D eigenvalue weighted by Gasteiger charge is 2.44. The number of benzene rings is 1. The van der Waals surface area contributed by atoms with Crippen molar-refractivity contribution in [2.24, 2.45) is 5.41 Å². The van der Waals surface area contributed by atoms with Crippen LogP contribution < -0.4 is 5.32 Å². The minimum Gasteiger partial charge on any atom is -0.316 e. The molecule has 0 aromatic heterocycles. The highest BCUT2D eigenvalue weighted by molar-refractivity contribution is 6.67. The lowest BCUT2D eigenvalue weighted by Gasteiger charge is -2.39. The molecule has 1 heterocycles. The maximum Gasteiger partial charge on any atom is 0.267 e. The topological polar surface area (TPSA) is 52.9 Å². The van der Waals surface area contributed by atoms with E-state index < -0.39 is 0 Å². The van der Waals surface area contributed by atoms with Gasteiger partial charge in [-0.25, -0.2) is 5.26 Å². The SMILES string of the molecule is CNC1CCCC12CCB(C#N)CC2.O=Cc1ccccc1. The number of carbonyl (C=O) groups is 1. The van der Waals surface area contributed by atoms with E-state index in [1.54, 1.807) is 12.1 Å². The Bertz CT molecular complexity index is 504. The van der Waals surface area contributed by atoms with Crippen LogP contribution >= 0.6 is 0 Å². The highest BCUT2D eigenvalue weighted by atomic mass is 16.1. The predicted molar refractivity (Wildman–Crippen MR) is 91.2 cm³/mol. The average molecular weight is 296 g/mol. The molecule has 22 heavy (non-hydrogen) atoms. The fourth-order valence-electron chi connectivity index (χ4n) is 4.04. The van der Waals surface area contributed by atoms with Gasteiger partial charge in [-0.05, 0) is 25.3 Å². The van der Waals surface area contributed by atoms with Crippen molar-refractivity contribution < 1.29 is 4.79 Å². The van der Waals surface area contributed by atoms with Crippen LogP contribution in [0.1, 0.15) is 42.5 Å². The number of nitriles is 1. The lowest BCUT2D eigenvalue weighted by molar-refractivity contribution is 0.112. The minimum atomic E-state index is 0.346. The Morgan fingerprint density at radius 3 is 2.45 bits per heavy atom. The molecule has 1 spiro atoms. The summed E-state index contributed by atoms with van der Waals surface area (Å²) in [6.45, 7) is 0.346. The molecule has 1 atom stereocenters. The maximum absolute atomic E-state index is 10.0. The van der Waals surface area contributed by atoms with Crippen LogP contribution in [0.15, 0.2) is 30.3 Å². The summed E-state index contributed by atoms with van der Waals surface area (Å²) in [6.07, 6.45) is 9.75. The van der Waals surface area contributed by atoms with Crippen molar-refractivity contribution in [3.05, 3.63) is 35.9 Å². The summed E-state index contributed by atoms with van der Waals surface area (Å²) in [4.78, 5) is 10.0. The lowest BCUT2D eigenvalue weighted by Crippen LogP contribution is -2.42. The highest BCUT2D eigenvalue weighted by Crippen LogP contribution is 2.49. The first-order valence-corrected chi connectivity index (χ1v) is 8.31. The Kier molecular flexibility index (Phi) is 6.21.